The number of halogens is 18. The van der Waals surface area contributed by atoms with E-state index in [0.717, 1.165) is 63.3 Å². The van der Waals surface area contributed by atoms with Crippen LogP contribution in [0.1, 0.15) is 112 Å². The molecule has 9 aromatic carbocycles. The van der Waals surface area contributed by atoms with E-state index >= 15 is 52.7 Å². The van der Waals surface area contributed by atoms with Gasteiger partial charge in [-0.25, -0.2) is 0 Å². The molecule has 0 aromatic heterocycles. The third-order valence-corrected chi connectivity index (χ3v) is 17.4. The minimum absolute atomic E-state index is 0.0358. The molecule has 0 fully saturated rings. The Morgan fingerprint density at radius 1 is 0.345 bits per heavy atom. The average Bonchev–Trinajstić information content (AvgIpc) is 0.723. The number of aromatic hydroxyl groups is 3. The Kier molecular flexibility index (Phi) is 28.9. The normalized spacial score (nSPS) is 12.1. The van der Waals surface area contributed by atoms with E-state index in [9.17, 15) is 70.4 Å². The van der Waals surface area contributed by atoms with E-state index in [1.165, 1.54) is 24.3 Å². The zero-order chi connectivity index (χ0) is 89.1. The summed E-state index contributed by atoms with van der Waals surface area (Å²) in [6.45, 7) is 11.5. The number of aryl methyl sites for hydroxylation is 1. The van der Waals surface area contributed by atoms with Crippen molar-refractivity contribution in [3.8, 4) is 46.0 Å². The van der Waals surface area contributed by atoms with Gasteiger partial charge in [-0.3, -0.25) is 28.8 Å². The number of rotatable bonds is 22. The van der Waals surface area contributed by atoms with Crippen LogP contribution in [0.25, 0.3) is 0 Å². The summed E-state index contributed by atoms with van der Waals surface area (Å²) in [6, 6.07) is 23.5. The van der Waals surface area contributed by atoms with Crippen LogP contribution in [-0.4, -0.2) is 125 Å². The van der Waals surface area contributed by atoms with Crippen molar-refractivity contribution in [2.75, 3.05) is 38.5 Å². The number of anilines is 6. The molecule has 9 rings (SSSR count). The molecule has 6 radical (unpaired) electrons. The molecule has 0 bridgehead atoms. The molecule has 0 atom stereocenters. The molecule has 6 amide bonds. The topological polar surface area (TPSA) is 281 Å². The maximum absolute atomic E-state index is 15.0. The number of carbonyl (C=O) groups is 6. The molecule has 0 aliphatic heterocycles. The van der Waals surface area contributed by atoms with Gasteiger partial charge in [0, 0.05) is 44.1 Å². The molecule has 0 saturated heterocycles. The van der Waals surface area contributed by atoms with Crippen molar-refractivity contribution in [3.05, 3.63) is 238 Å². The highest BCUT2D eigenvalue weighted by Crippen LogP contribution is 2.61. The second kappa shape index (κ2) is 36.9. The number of amides is 6. The van der Waals surface area contributed by atoms with E-state index in [1.807, 2.05) is 61.1 Å². The summed E-state index contributed by atoms with van der Waals surface area (Å²) in [5, 5.41) is 43.1. The van der Waals surface area contributed by atoms with E-state index in [4.69, 9.17) is 33.6 Å². The number of carbonyl (C=O) groups excluding carboxylic acids is 6. The van der Waals surface area contributed by atoms with Crippen LogP contribution < -0.4 is 50.6 Å². The van der Waals surface area contributed by atoms with Crippen LogP contribution in [0.3, 0.4) is 0 Å². The zero-order valence-corrected chi connectivity index (χ0v) is 62.5. The Morgan fingerprint density at radius 2 is 0.597 bits per heavy atom. The van der Waals surface area contributed by atoms with Gasteiger partial charge < -0.3 is 70.7 Å². The number of alkyl halides is 18. The van der Waals surface area contributed by atoms with Gasteiger partial charge in [0.15, 0.2) is 0 Å². The fourth-order valence-electron chi connectivity index (χ4n) is 12.1. The molecular formula is C78H63B3F18N6O14. The van der Waals surface area contributed by atoms with E-state index in [2.05, 4.69) is 24.6 Å². The number of hydrogen-bond donors (Lipinski definition) is 9. The first-order valence-corrected chi connectivity index (χ1v) is 34.1. The molecule has 20 nitrogen and oxygen atoms in total. The van der Waals surface area contributed by atoms with Crippen LogP contribution >= 0.6 is 0 Å². The van der Waals surface area contributed by atoms with Gasteiger partial charge in [-0.05, 0) is 188 Å². The van der Waals surface area contributed by atoms with Gasteiger partial charge in [-0.15, -0.1) is 0 Å². The van der Waals surface area contributed by atoms with Gasteiger partial charge in [0.2, 0.25) is 34.0 Å². The first kappa shape index (κ1) is 93.5. The van der Waals surface area contributed by atoms with Crippen molar-refractivity contribution < 1.29 is 147 Å². The third kappa shape index (κ3) is 20.5. The van der Waals surface area contributed by atoms with Crippen LogP contribution in [0, 0.1) is 6.92 Å². The molecule has 0 unspecified atom stereocenters. The van der Waals surface area contributed by atoms with E-state index < -0.39 is 202 Å². The van der Waals surface area contributed by atoms with E-state index in [0.29, 0.717) is 96.5 Å². The predicted octanol–water partition coefficient (Wildman–Crippen LogP) is 18.3. The van der Waals surface area contributed by atoms with Crippen LogP contribution in [0.2, 0.25) is 0 Å². The third-order valence-electron chi connectivity index (χ3n) is 17.4. The van der Waals surface area contributed by atoms with Crippen LogP contribution in [0.4, 0.5) is 113 Å². The summed E-state index contributed by atoms with van der Waals surface area (Å²) in [4.78, 5) is 74.9. The number of hydrogen-bond acceptors (Lipinski definition) is 14. The molecule has 9 N–H and O–H groups in total. The molecule has 9 aromatic rings. The SMILES string of the molecule is CCOC(C)C.[B]Oc1ccc(C(c2ccc(O)c(NC(=O)c3ccc(Oc4ccc(C)cc4)cc3)c2)(C(F)(F)F)C(F)(F)F)cc1NC(C)=O.[B]Oc1ccc(C(c2ccc(O)c(NC(=O)c3cccc(C(=O)Nc4cc(C(c5ccc(O)c(NC(C)=O)c5)(C(F)(F)F)C(F)(F)F)ccc4O[B])c3)c2)(C(F)(F)F)C(F)(F)F)cc1NC(C)=O. The smallest absolute Gasteiger partial charge is 0.411 e. The Hall–Kier alpha value is -12.7. The fraction of sp³-hybridized carbons (Fsp3) is 0.231. The molecule has 0 aliphatic carbocycles. The maximum Gasteiger partial charge on any atom is 0.411 e. The van der Waals surface area contributed by atoms with E-state index in [-0.39, 0.29) is 29.8 Å². The van der Waals surface area contributed by atoms with Crippen molar-refractivity contribution in [2.24, 2.45) is 0 Å². The maximum atomic E-state index is 15.0. The van der Waals surface area contributed by atoms with Gasteiger partial charge in [0.05, 0.1) is 40.2 Å². The second-order valence-corrected chi connectivity index (χ2v) is 25.8. The molecule has 624 valence electrons. The quantitative estimate of drug-likeness (QED) is 0.0173. The van der Waals surface area contributed by atoms with Crippen LogP contribution in [0.15, 0.2) is 182 Å². The standard InChI is InChI=1S/C42H28B2F12N4O8.C31H23BF6N2O5.C5H12O/c1-19(61)57-27-15-23(6-10-31(27)63)37(39(45,46)47,40(48,49)50)26-9-13-34(68-44)30(18-26)60-36(66)22-5-3-4-21(14-22)35(65)59-28-16-24(7-11-32(28)64)38(41(51,52)53,42(54,55)56)25-8-12-33(67-43)29(17-25)58-20(2)62;1-17-3-9-22(10-4-17)44-23-11-5-19(6-12-23)28(43)40-24-15-20(7-13-26(24)42)29(30(33,34)35,31(36,37)38)21-8-14-27(45-32)25(16-21)39-18(2)41;1-4-6-5(2)3/h3-18,63-64H,1-2H3,(H,57,61)(H,58,62)(H,59,65)(H,60,66);3-16,42H,1-2H3,(H,39,41)(H,40,43);5H,4H2,1-3H3. The Labute approximate surface area is 667 Å². The number of ether oxygens (including phenoxy) is 2. The lowest BCUT2D eigenvalue weighted by Crippen LogP contribution is -2.54. The van der Waals surface area contributed by atoms with Crippen molar-refractivity contribution in [1.29, 1.82) is 0 Å². The largest absolute Gasteiger partial charge is 0.566 e. The molecule has 0 saturated carbocycles. The lowest BCUT2D eigenvalue weighted by atomic mass is 9.72. The number of phenolic OH excluding ortho intramolecular Hbond substituents is 3. The molecule has 0 heterocycles. The number of nitrogens with one attached hydrogen (secondary N) is 6. The van der Waals surface area contributed by atoms with Crippen LogP contribution in [-0.2, 0) is 35.4 Å². The van der Waals surface area contributed by atoms with Crippen molar-refractivity contribution in [1.82, 2.24) is 0 Å². The second-order valence-electron chi connectivity index (χ2n) is 25.8. The summed E-state index contributed by atoms with van der Waals surface area (Å²) in [5.74, 6) is -9.96. The lowest BCUT2D eigenvalue weighted by Gasteiger charge is -2.38. The average molecular weight is 1680 g/mol. The highest BCUT2D eigenvalue weighted by atomic mass is 19.4. The molecule has 41 heteroatoms. The zero-order valence-electron chi connectivity index (χ0n) is 62.5. The Morgan fingerprint density at radius 3 is 0.866 bits per heavy atom. The van der Waals surface area contributed by atoms with Crippen LogP contribution in [0.5, 0.6) is 46.0 Å². The van der Waals surface area contributed by atoms with E-state index in [1.54, 1.807) is 12.1 Å². The highest BCUT2D eigenvalue weighted by molar-refractivity contribution is 6.10. The summed E-state index contributed by atoms with van der Waals surface area (Å²) < 4.78 is 293. The molecule has 0 aliphatic rings. The monoisotopic (exact) mass is 1680 g/mol. The summed E-state index contributed by atoms with van der Waals surface area (Å²) in [6.07, 6.45) is -36.6. The van der Waals surface area contributed by atoms with Gasteiger partial charge in [-0.2, -0.15) is 79.0 Å². The minimum Gasteiger partial charge on any atom is -0.566 e. The summed E-state index contributed by atoms with van der Waals surface area (Å²) in [7, 11) is 15.4. The lowest BCUT2D eigenvalue weighted by molar-refractivity contribution is -0.290. The molecule has 0 spiro atoms. The minimum atomic E-state index is -6.23. The van der Waals surface area contributed by atoms with Gasteiger partial charge >= 0.3 is 61.2 Å². The van der Waals surface area contributed by atoms with Gasteiger partial charge in [0.25, 0.3) is 17.7 Å². The number of benzene rings is 9. The predicted molar refractivity (Wildman–Crippen MR) is 399 cm³/mol. The van der Waals surface area contributed by atoms with Crippen molar-refractivity contribution >= 4 is 93.7 Å². The van der Waals surface area contributed by atoms with Gasteiger partial charge in [0.1, 0.15) is 46.0 Å². The highest BCUT2D eigenvalue weighted by Gasteiger charge is 2.75. The fourth-order valence-corrected chi connectivity index (χ4v) is 12.1. The molecule has 119 heavy (non-hydrogen) atoms. The van der Waals surface area contributed by atoms with Crippen molar-refractivity contribution in [2.45, 2.75) is 108 Å². The Balaban J connectivity index is 0.000000329. The summed E-state index contributed by atoms with van der Waals surface area (Å²) in [5.41, 5.74) is -28.6. The first-order valence-electron chi connectivity index (χ1n) is 34.1. The number of phenols is 3. The summed E-state index contributed by atoms with van der Waals surface area (Å²) >= 11 is 0. The van der Waals surface area contributed by atoms with Crippen molar-refractivity contribution in [3.63, 3.8) is 0 Å². The first-order chi connectivity index (χ1) is 55.3. The Bertz CT molecular complexity index is 5160. The molecular weight excluding hydrogens is 1620 g/mol. The van der Waals surface area contributed by atoms with Gasteiger partial charge in [-0.1, -0.05) is 60.2 Å².